The summed E-state index contributed by atoms with van der Waals surface area (Å²) in [6.45, 7) is 1.25. The number of aliphatic carboxylic acids is 1. The lowest BCUT2D eigenvalue weighted by Crippen LogP contribution is -2.12. The zero-order valence-corrected chi connectivity index (χ0v) is 15.3. The van der Waals surface area contributed by atoms with Crippen molar-refractivity contribution in [3.05, 3.63) is 71.3 Å². The SMILES string of the molecule is O=C(O)C(S)CCCCCc1ccc(COCc2ccccc2)cc1. The second-order valence-electron chi connectivity index (χ2n) is 6.25. The van der Waals surface area contributed by atoms with E-state index in [0.29, 0.717) is 19.6 Å². The summed E-state index contributed by atoms with van der Waals surface area (Å²) < 4.78 is 5.75. The van der Waals surface area contributed by atoms with Crippen molar-refractivity contribution in [2.24, 2.45) is 0 Å². The number of benzene rings is 2. The number of ether oxygens (including phenoxy) is 1. The standard InChI is InChI=1S/C21H26O3S/c22-21(23)20(25)10-6-2-3-7-17-11-13-19(14-12-17)16-24-15-18-8-4-1-5-9-18/h1,4-5,8-9,11-14,20,25H,2-3,6-7,10,15-16H2,(H,22,23). The van der Waals surface area contributed by atoms with Crippen LogP contribution in [0.15, 0.2) is 54.6 Å². The largest absolute Gasteiger partial charge is 0.480 e. The summed E-state index contributed by atoms with van der Waals surface area (Å²) in [5.74, 6) is -0.826. The molecule has 0 saturated carbocycles. The number of hydrogen-bond acceptors (Lipinski definition) is 3. The molecule has 1 unspecified atom stereocenters. The molecule has 0 spiro atoms. The van der Waals surface area contributed by atoms with Crippen molar-refractivity contribution in [1.82, 2.24) is 0 Å². The van der Waals surface area contributed by atoms with Crippen molar-refractivity contribution < 1.29 is 14.6 Å². The molecule has 0 fully saturated rings. The molecule has 0 radical (unpaired) electrons. The molecule has 0 amide bonds. The van der Waals surface area contributed by atoms with Gasteiger partial charge in [-0.2, -0.15) is 12.6 Å². The Kier molecular flexibility index (Phi) is 8.56. The van der Waals surface area contributed by atoms with Gasteiger partial charge < -0.3 is 9.84 Å². The van der Waals surface area contributed by atoms with Gasteiger partial charge in [0.2, 0.25) is 0 Å². The lowest BCUT2D eigenvalue weighted by molar-refractivity contribution is -0.136. The number of hydrogen-bond donors (Lipinski definition) is 2. The Bertz CT molecular complexity index is 625. The van der Waals surface area contributed by atoms with Gasteiger partial charge in [-0.15, -0.1) is 0 Å². The molecule has 0 aliphatic heterocycles. The number of carboxylic acids is 1. The van der Waals surface area contributed by atoms with Gasteiger partial charge in [-0.3, -0.25) is 4.79 Å². The highest BCUT2D eigenvalue weighted by molar-refractivity contribution is 7.81. The molecular weight excluding hydrogens is 332 g/mol. The van der Waals surface area contributed by atoms with E-state index in [9.17, 15) is 4.79 Å². The van der Waals surface area contributed by atoms with E-state index in [1.807, 2.05) is 18.2 Å². The van der Waals surface area contributed by atoms with E-state index in [1.54, 1.807) is 0 Å². The van der Waals surface area contributed by atoms with Gasteiger partial charge in [-0.25, -0.2) is 0 Å². The molecule has 2 aromatic carbocycles. The minimum Gasteiger partial charge on any atom is -0.480 e. The Labute approximate surface area is 155 Å². The van der Waals surface area contributed by atoms with Crippen molar-refractivity contribution in [3.8, 4) is 0 Å². The zero-order chi connectivity index (χ0) is 17.9. The topological polar surface area (TPSA) is 46.5 Å². The minimum absolute atomic E-state index is 0.532. The van der Waals surface area contributed by atoms with Crippen LogP contribution in [-0.2, 0) is 29.2 Å². The minimum atomic E-state index is -0.826. The van der Waals surface area contributed by atoms with Crippen LogP contribution in [0.3, 0.4) is 0 Å². The molecule has 0 heterocycles. The van der Waals surface area contributed by atoms with Crippen LogP contribution >= 0.6 is 12.6 Å². The van der Waals surface area contributed by atoms with E-state index in [4.69, 9.17) is 9.84 Å². The van der Waals surface area contributed by atoms with Crippen molar-refractivity contribution in [2.45, 2.75) is 50.6 Å². The van der Waals surface area contributed by atoms with Gasteiger partial charge in [0.25, 0.3) is 0 Å². The third-order valence-electron chi connectivity index (χ3n) is 4.13. The fourth-order valence-electron chi connectivity index (χ4n) is 2.63. The molecule has 0 aromatic heterocycles. The van der Waals surface area contributed by atoms with Crippen molar-refractivity contribution in [3.63, 3.8) is 0 Å². The van der Waals surface area contributed by atoms with Gasteiger partial charge in [0.1, 0.15) is 0 Å². The molecule has 1 atom stereocenters. The maximum absolute atomic E-state index is 10.7. The van der Waals surface area contributed by atoms with Crippen molar-refractivity contribution in [1.29, 1.82) is 0 Å². The molecule has 3 nitrogen and oxygen atoms in total. The van der Waals surface area contributed by atoms with E-state index in [0.717, 1.165) is 25.7 Å². The average Bonchev–Trinajstić information content (AvgIpc) is 2.63. The Balaban J connectivity index is 1.62. The van der Waals surface area contributed by atoms with Crippen molar-refractivity contribution in [2.75, 3.05) is 0 Å². The number of carbonyl (C=O) groups is 1. The first-order valence-corrected chi connectivity index (χ1v) is 9.27. The van der Waals surface area contributed by atoms with E-state index in [2.05, 4.69) is 49.0 Å². The van der Waals surface area contributed by atoms with Gasteiger partial charge in [0, 0.05) is 0 Å². The summed E-state index contributed by atoms with van der Waals surface area (Å²) in [5.41, 5.74) is 3.68. The van der Waals surface area contributed by atoms with Crippen LogP contribution in [0.1, 0.15) is 42.4 Å². The van der Waals surface area contributed by atoms with Gasteiger partial charge in [-0.05, 0) is 36.0 Å². The fraction of sp³-hybridized carbons (Fsp3) is 0.381. The third-order valence-corrected chi connectivity index (χ3v) is 4.61. The lowest BCUT2D eigenvalue weighted by Gasteiger charge is -2.07. The van der Waals surface area contributed by atoms with E-state index in [-0.39, 0.29) is 0 Å². The summed E-state index contributed by atoms with van der Waals surface area (Å²) in [7, 11) is 0. The highest BCUT2D eigenvalue weighted by atomic mass is 32.1. The quantitative estimate of drug-likeness (QED) is 0.444. The molecule has 0 saturated heterocycles. The predicted octanol–water partition coefficient (Wildman–Crippen LogP) is 4.89. The highest BCUT2D eigenvalue weighted by Gasteiger charge is 2.10. The molecule has 4 heteroatoms. The summed E-state index contributed by atoms with van der Waals surface area (Å²) in [5, 5.41) is 8.25. The molecule has 0 aliphatic carbocycles. The molecule has 2 aromatic rings. The lowest BCUT2D eigenvalue weighted by atomic mass is 10.0. The number of aryl methyl sites for hydroxylation is 1. The predicted molar refractivity (Wildman–Crippen MR) is 104 cm³/mol. The summed E-state index contributed by atoms with van der Waals surface area (Å²) in [4.78, 5) is 10.7. The molecule has 134 valence electrons. The fourth-order valence-corrected chi connectivity index (χ4v) is 2.81. The second kappa shape index (κ2) is 11.0. The van der Waals surface area contributed by atoms with Crippen LogP contribution in [0.4, 0.5) is 0 Å². The first-order chi connectivity index (χ1) is 12.1. The summed E-state index contributed by atoms with van der Waals surface area (Å²) >= 11 is 4.05. The van der Waals surface area contributed by atoms with E-state index in [1.165, 1.54) is 16.7 Å². The first-order valence-electron chi connectivity index (χ1n) is 8.75. The summed E-state index contributed by atoms with van der Waals surface area (Å²) in [6, 6.07) is 18.7. The second-order valence-corrected chi connectivity index (χ2v) is 6.87. The third kappa shape index (κ3) is 7.76. The maximum atomic E-state index is 10.7. The Morgan fingerprint density at radius 1 is 0.880 bits per heavy atom. The molecular formula is C21H26O3S. The van der Waals surface area contributed by atoms with Gasteiger partial charge >= 0.3 is 5.97 Å². The Morgan fingerprint density at radius 2 is 1.48 bits per heavy atom. The normalized spacial score (nSPS) is 12.0. The first kappa shape index (κ1) is 19.5. The average molecular weight is 359 g/mol. The maximum Gasteiger partial charge on any atom is 0.316 e. The molecule has 2 rings (SSSR count). The van der Waals surface area contributed by atoms with Gasteiger partial charge in [-0.1, -0.05) is 67.4 Å². The number of thiol groups is 1. The molecule has 25 heavy (non-hydrogen) atoms. The van der Waals surface area contributed by atoms with Crippen LogP contribution < -0.4 is 0 Å². The monoisotopic (exact) mass is 358 g/mol. The Morgan fingerprint density at radius 3 is 2.12 bits per heavy atom. The molecule has 0 aliphatic rings. The smallest absolute Gasteiger partial charge is 0.316 e. The van der Waals surface area contributed by atoms with E-state index < -0.39 is 11.2 Å². The van der Waals surface area contributed by atoms with Crippen LogP contribution in [-0.4, -0.2) is 16.3 Å². The number of unbranched alkanes of at least 4 members (excludes halogenated alkanes) is 2. The van der Waals surface area contributed by atoms with E-state index >= 15 is 0 Å². The van der Waals surface area contributed by atoms with Gasteiger partial charge in [0.15, 0.2) is 0 Å². The number of carboxylic acid groups (broad SMARTS) is 1. The van der Waals surface area contributed by atoms with Crippen LogP contribution in [0.2, 0.25) is 0 Å². The van der Waals surface area contributed by atoms with Crippen LogP contribution in [0.5, 0.6) is 0 Å². The molecule has 0 bridgehead atoms. The van der Waals surface area contributed by atoms with Gasteiger partial charge in [0.05, 0.1) is 18.5 Å². The highest BCUT2D eigenvalue weighted by Crippen LogP contribution is 2.13. The Hall–Kier alpha value is -1.78. The van der Waals surface area contributed by atoms with Crippen molar-refractivity contribution >= 4 is 18.6 Å². The van der Waals surface area contributed by atoms with Crippen LogP contribution in [0.25, 0.3) is 0 Å². The summed E-state index contributed by atoms with van der Waals surface area (Å²) in [6.07, 6.45) is 4.67. The number of rotatable bonds is 11. The van der Waals surface area contributed by atoms with Crippen LogP contribution in [0, 0.1) is 0 Å². The zero-order valence-electron chi connectivity index (χ0n) is 14.4. The molecule has 1 N–H and O–H groups in total.